The normalized spacial score (nSPS) is 11.6. The molecule has 202 valence electrons. The minimum absolute atomic E-state index is 0.0109. The molecule has 4 aromatic rings. The zero-order valence-electron chi connectivity index (χ0n) is 21.3. The van der Waals surface area contributed by atoms with E-state index in [0.717, 1.165) is 49.5 Å². The fraction of sp³-hybridized carbons (Fsp3) is 0.346. The van der Waals surface area contributed by atoms with E-state index in [9.17, 15) is 12.8 Å². The minimum Gasteiger partial charge on any atom is -0.471 e. The van der Waals surface area contributed by atoms with Crippen LogP contribution in [0.4, 0.5) is 15.8 Å². The van der Waals surface area contributed by atoms with Crippen LogP contribution >= 0.6 is 11.6 Å². The molecule has 12 heteroatoms. The number of sulfonamides is 1. The summed E-state index contributed by atoms with van der Waals surface area (Å²) in [5.41, 5.74) is 2.03. The zero-order chi connectivity index (χ0) is 27.1. The van der Waals surface area contributed by atoms with Crippen LogP contribution in [-0.2, 0) is 10.0 Å². The Kier molecular flexibility index (Phi) is 9.01. The van der Waals surface area contributed by atoms with Gasteiger partial charge >= 0.3 is 0 Å². The fourth-order valence-electron chi connectivity index (χ4n) is 4.05. The van der Waals surface area contributed by atoms with Crippen molar-refractivity contribution in [1.82, 2.24) is 20.0 Å². The van der Waals surface area contributed by atoms with Crippen molar-refractivity contribution in [1.29, 1.82) is 0 Å². The number of rotatable bonds is 13. The molecule has 4 rings (SSSR count). The third kappa shape index (κ3) is 6.33. The first-order valence-electron chi connectivity index (χ1n) is 12.5. The van der Waals surface area contributed by atoms with Gasteiger partial charge in [-0.15, -0.1) is 5.10 Å². The molecule has 0 fully saturated rings. The molecule has 0 saturated carbocycles. The molecule has 0 radical (unpaired) electrons. The number of nitrogens with zero attached hydrogens (tertiary/aromatic N) is 5. The van der Waals surface area contributed by atoms with E-state index in [0.29, 0.717) is 5.69 Å². The summed E-state index contributed by atoms with van der Waals surface area (Å²) in [6.45, 7) is 6.18. The van der Waals surface area contributed by atoms with E-state index < -0.39 is 15.8 Å². The molecule has 0 saturated heterocycles. The summed E-state index contributed by atoms with van der Waals surface area (Å²) < 4.78 is 48.5. The average Bonchev–Trinajstić information content (AvgIpc) is 3.61. The van der Waals surface area contributed by atoms with Crippen molar-refractivity contribution in [3.8, 4) is 16.9 Å². The molecule has 0 spiro atoms. The largest absolute Gasteiger partial charge is 0.471 e. The topological polar surface area (TPSA) is 106 Å². The third-order valence-electron chi connectivity index (χ3n) is 6.00. The lowest BCUT2D eigenvalue weighted by molar-refractivity contribution is 0.557. The van der Waals surface area contributed by atoms with Gasteiger partial charge in [-0.1, -0.05) is 49.9 Å². The highest BCUT2D eigenvalue weighted by Gasteiger charge is 2.22. The number of unbranched alkanes of at least 4 members (excludes halogenated alkanes) is 3. The van der Waals surface area contributed by atoms with Crippen molar-refractivity contribution in [2.24, 2.45) is 0 Å². The number of aromatic nitrogens is 4. The SMILES string of the molecule is CCCCCCN(CCC)c1cncc(-c2cn(-c3c(F)ccc(NS(=O)(=O)c4ccoc4)c3Cl)nn2)c1. The monoisotopic (exact) mass is 560 g/mol. The van der Waals surface area contributed by atoms with Gasteiger partial charge in [0.1, 0.15) is 22.5 Å². The number of pyridine rings is 1. The van der Waals surface area contributed by atoms with Crippen LogP contribution < -0.4 is 9.62 Å². The molecule has 0 atom stereocenters. The third-order valence-corrected chi connectivity index (χ3v) is 7.72. The van der Waals surface area contributed by atoms with Gasteiger partial charge in [-0.2, -0.15) is 0 Å². The molecule has 9 nitrogen and oxygen atoms in total. The Bertz CT molecular complexity index is 1460. The van der Waals surface area contributed by atoms with Crippen LogP contribution in [0.3, 0.4) is 0 Å². The summed E-state index contributed by atoms with van der Waals surface area (Å²) in [6, 6.07) is 5.63. The Labute approximate surface area is 226 Å². The van der Waals surface area contributed by atoms with Crippen molar-refractivity contribution in [2.45, 2.75) is 50.8 Å². The summed E-state index contributed by atoms with van der Waals surface area (Å²) in [7, 11) is -3.98. The standard InChI is InChI=1S/C26H30ClFN6O3S/c1-3-5-6-7-12-33(11-4-2)20-14-19(15-29-16-20)24-17-34(32-30-24)26-22(28)8-9-23(25(26)27)31-38(35,36)21-10-13-37-18-21/h8-10,13-18,31H,3-7,11-12H2,1-2H3. The lowest BCUT2D eigenvalue weighted by atomic mass is 10.1. The Morgan fingerprint density at radius 1 is 1.11 bits per heavy atom. The molecule has 38 heavy (non-hydrogen) atoms. The van der Waals surface area contributed by atoms with Gasteiger partial charge in [0.2, 0.25) is 0 Å². The van der Waals surface area contributed by atoms with E-state index in [4.69, 9.17) is 16.0 Å². The smallest absolute Gasteiger partial charge is 0.265 e. The van der Waals surface area contributed by atoms with Gasteiger partial charge in [-0.25, -0.2) is 17.5 Å². The highest BCUT2D eigenvalue weighted by molar-refractivity contribution is 7.92. The van der Waals surface area contributed by atoms with Gasteiger partial charge in [0.05, 0.1) is 35.1 Å². The van der Waals surface area contributed by atoms with E-state index >= 15 is 0 Å². The van der Waals surface area contributed by atoms with Gasteiger partial charge in [0.15, 0.2) is 5.82 Å². The van der Waals surface area contributed by atoms with Gasteiger partial charge in [0, 0.05) is 24.8 Å². The Morgan fingerprint density at radius 2 is 1.95 bits per heavy atom. The second kappa shape index (κ2) is 12.4. The predicted octanol–water partition coefficient (Wildman–Crippen LogP) is 6.31. The number of anilines is 2. The summed E-state index contributed by atoms with van der Waals surface area (Å²) in [5, 5.41) is 8.10. The Balaban J connectivity index is 1.60. The molecule has 3 heterocycles. The summed E-state index contributed by atoms with van der Waals surface area (Å²) >= 11 is 6.45. The van der Waals surface area contributed by atoms with Crippen molar-refractivity contribution in [3.05, 3.63) is 66.2 Å². The number of benzene rings is 1. The van der Waals surface area contributed by atoms with Gasteiger partial charge < -0.3 is 9.32 Å². The minimum atomic E-state index is -3.98. The summed E-state index contributed by atoms with van der Waals surface area (Å²) in [4.78, 5) is 6.62. The first kappa shape index (κ1) is 27.6. The van der Waals surface area contributed by atoms with Crippen molar-refractivity contribution in [2.75, 3.05) is 22.7 Å². The van der Waals surface area contributed by atoms with Crippen LogP contribution in [0, 0.1) is 5.82 Å². The first-order chi connectivity index (χ1) is 18.3. The van der Waals surface area contributed by atoms with Gasteiger partial charge in [-0.3, -0.25) is 9.71 Å². The van der Waals surface area contributed by atoms with E-state index in [-0.39, 0.29) is 21.3 Å². The van der Waals surface area contributed by atoms with Crippen LogP contribution in [0.1, 0.15) is 46.0 Å². The molecule has 0 aliphatic rings. The molecular formula is C26H30ClFN6O3S. The predicted molar refractivity (Wildman–Crippen MR) is 146 cm³/mol. The van der Waals surface area contributed by atoms with E-state index in [2.05, 4.69) is 38.8 Å². The molecule has 0 amide bonds. The van der Waals surface area contributed by atoms with Crippen molar-refractivity contribution >= 4 is 33.0 Å². The molecule has 0 unspecified atom stereocenters. The van der Waals surface area contributed by atoms with Gasteiger partial charge in [-0.05, 0) is 37.1 Å². The quantitative estimate of drug-likeness (QED) is 0.191. The second-order valence-electron chi connectivity index (χ2n) is 8.85. The number of halogens is 2. The van der Waals surface area contributed by atoms with Crippen molar-refractivity contribution in [3.63, 3.8) is 0 Å². The molecule has 0 aliphatic heterocycles. The van der Waals surface area contributed by atoms with E-state index in [1.807, 2.05) is 12.3 Å². The highest BCUT2D eigenvalue weighted by Crippen LogP contribution is 2.33. The van der Waals surface area contributed by atoms with Crippen LogP contribution in [0.15, 0.2) is 64.7 Å². The molecule has 0 bridgehead atoms. The highest BCUT2D eigenvalue weighted by atomic mass is 35.5. The van der Waals surface area contributed by atoms with Crippen LogP contribution in [0.25, 0.3) is 16.9 Å². The maximum absolute atomic E-state index is 14.9. The lowest BCUT2D eigenvalue weighted by Crippen LogP contribution is -2.25. The number of hydrogen-bond acceptors (Lipinski definition) is 7. The molecule has 1 N–H and O–H groups in total. The van der Waals surface area contributed by atoms with E-state index in [1.165, 1.54) is 48.5 Å². The van der Waals surface area contributed by atoms with Gasteiger partial charge in [0.25, 0.3) is 10.0 Å². The maximum Gasteiger partial charge on any atom is 0.265 e. The number of furan rings is 1. The Morgan fingerprint density at radius 3 is 2.68 bits per heavy atom. The lowest BCUT2D eigenvalue weighted by Gasteiger charge is -2.24. The molecule has 3 aromatic heterocycles. The summed E-state index contributed by atoms with van der Waals surface area (Å²) in [6.07, 6.45) is 13.0. The fourth-order valence-corrected chi connectivity index (χ4v) is 5.39. The number of nitrogens with one attached hydrogen (secondary N) is 1. The van der Waals surface area contributed by atoms with Crippen molar-refractivity contribution < 1.29 is 17.2 Å². The molecule has 0 aliphatic carbocycles. The number of hydrogen-bond donors (Lipinski definition) is 1. The van der Waals surface area contributed by atoms with Crippen LogP contribution in [0.2, 0.25) is 5.02 Å². The van der Waals surface area contributed by atoms with Crippen LogP contribution in [-0.4, -0.2) is 41.5 Å². The first-order valence-corrected chi connectivity index (χ1v) is 14.4. The van der Waals surface area contributed by atoms with Crippen LogP contribution in [0.5, 0.6) is 0 Å². The zero-order valence-corrected chi connectivity index (χ0v) is 22.8. The molecule has 1 aromatic carbocycles. The molecular weight excluding hydrogens is 531 g/mol. The average molecular weight is 561 g/mol. The maximum atomic E-state index is 14.9. The Hall–Kier alpha value is -3.44. The van der Waals surface area contributed by atoms with E-state index in [1.54, 1.807) is 6.20 Å². The summed E-state index contributed by atoms with van der Waals surface area (Å²) in [5.74, 6) is -0.689. The second-order valence-corrected chi connectivity index (χ2v) is 10.9.